The van der Waals surface area contributed by atoms with E-state index in [2.05, 4.69) is 60.0 Å². The van der Waals surface area contributed by atoms with Gasteiger partial charge >= 0.3 is 0 Å². The van der Waals surface area contributed by atoms with Gasteiger partial charge < -0.3 is 4.57 Å². The molecule has 0 radical (unpaired) electrons. The number of aryl methyl sites for hydroxylation is 1. The van der Waals surface area contributed by atoms with E-state index in [1.165, 1.54) is 5.56 Å². The van der Waals surface area contributed by atoms with Crippen molar-refractivity contribution in [1.29, 1.82) is 0 Å². The van der Waals surface area contributed by atoms with E-state index in [-0.39, 0.29) is 11.6 Å². The quantitative estimate of drug-likeness (QED) is 0.215. The molecule has 41 heavy (non-hydrogen) atoms. The van der Waals surface area contributed by atoms with Crippen molar-refractivity contribution >= 4 is 22.3 Å². The van der Waals surface area contributed by atoms with Gasteiger partial charge in [0.15, 0.2) is 11.6 Å². The Bertz CT molecular complexity index is 1940. The van der Waals surface area contributed by atoms with Crippen LogP contribution in [0.4, 0.5) is 0 Å². The molecule has 0 spiro atoms. The molecule has 0 saturated carbocycles. The monoisotopic (exact) mass is 531 g/mol. The molecular weight excluding hydrogens is 502 g/mol. The van der Waals surface area contributed by atoms with Crippen LogP contribution in [0.1, 0.15) is 57.2 Å². The van der Waals surface area contributed by atoms with Gasteiger partial charge in [0.2, 0.25) is 0 Å². The molecule has 3 heteroatoms. The zero-order valence-corrected chi connectivity index (χ0v) is 22.9. The standard InChI is InChI=1S/C38H29NO2/c1-2-3-12-25-21-23-28(24-22-25)36-34-33(37(40)30-18-9-10-19-31(30)38(34)41)35(27-14-5-4-6-15-27)39(36)32-20-11-16-26-13-7-8-17-29(26)32/h4-11,13-24H,2-3,12H2,1H3. The minimum absolute atomic E-state index is 0.114. The third kappa shape index (κ3) is 4.05. The van der Waals surface area contributed by atoms with Gasteiger partial charge in [-0.25, -0.2) is 0 Å². The number of ketones is 2. The predicted octanol–water partition coefficient (Wildman–Crippen LogP) is 9.08. The lowest BCUT2D eigenvalue weighted by molar-refractivity contribution is 0.0981. The Morgan fingerprint density at radius 2 is 1.12 bits per heavy atom. The first kappa shape index (κ1) is 25.0. The van der Waals surface area contributed by atoms with Crippen LogP contribution in [-0.4, -0.2) is 16.1 Å². The summed E-state index contributed by atoms with van der Waals surface area (Å²) in [4.78, 5) is 28.7. The van der Waals surface area contributed by atoms with Crippen LogP contribution in [0.2, 0.25) is 0 Å². The van der Waals surface area contributed by atoms with E-state index < -0.39 is 0 Å². The summed E-state index contributed by atoms with van der Waals surface area (Å²) in [5, 5.41) is 2.15. The Hall–Kier alpha value is -5.02. The van der Waals surface area contributed by atoms with Crippen molar-refractivity contribution in [2.45, 2.75) is 26.2 Å². The first-order valence-electron chi connectivity index (χ1n) is 14.3. The zero-order chi connectivity index (χ0) is 27.9. The van der Waals surface area contributed by atoms with Crippen molar-refractivity contribution < 1.29 is 9.59 Å². The molecule has 7 rings (SSSR count). The molecule has 1 aliphatic carbocycles. The lowest BCUT2D eigenvalue weighted by Gasteiger charge is -2.17. The maximum absolute atomic E-state index is 14.4. The Morgan fingerprint density at radius 3 is 1.78 bits per heavy atom. The number of nitrogens with zero attached hydrogens (tertiary/aromatic N) is 1. The second-order valence-electron chi connectivity index (χ2n) is 10.7. The van der Waals surface area contributed by atoms with E-state index in [0.29, 0.717) is 22.3 Å². The van der Waals surface area contributed by atoms with E-state index in [0.717, 1.165) is 58.2 Å². The third-order valence-electron chi connectivity index (χ3n) is 8.14. The fourth-order valence-electron chi connectivity index (χ4n) is 6.16. The predicted molar refractivity (Wildman–Crippen MR) is 166 cm³/mol. The number of rotatable bonds is 6. The van der Waals surface area contributed by atoms with Crippen LogP contribution in [0.15, 0.2) is 121 Å². The molecule has 6 aromatic rings. The normalized spacial score (nSPS) is 12.4. The summed E-state index contributed by atoms with van der Waals surface area (Å²) in [6.45, 7) is 2.20. The van der Waals surface area contributed by atoms with Crippen LogP contribution < -0.4 is 0 Å². The average Bonchev–Trinajstić information content (AvgIpc) is 3.39. The van der Waals surface area contributed by atoms with Crippen molar-refractivity contribution in [2.24, 2.45) is 0 Å². The highest BCUT2D eigenvalue weighted by Crippen LogP contribution is 2.45. The summed E-state index contributed by atoms with van der Waals surface area (Å²) in [5.74, 6) is -0.231. The molecule has 0 unspecified atom stereocenters. The fraction of sp³-hybridized carbons (Fsp3) is 0.105. The second kappa shape index (κ2) is 10.2. The van der Waals surface area contributed by atoms with Gasteiger partial charge in [0.1, 0.15) is 0 Å². The summed E-state index contributed by atoms with van der Waals surface area (Å²) in [7, 11) is 0. The minimum atomic E-state index is -0.117. The van der Waals surface area contributed by atoms with Crippen molar-refractivity contribution in [3.63, 3.8) is 0 Å². The fourth-order valence-corrected chi connectivity index (χ4v) is 6.16. The molecule has 0 saturated heterocycles. The molecule has 1 heterocycles. The Labute approximate surface area is 239 Å². The molecule has 1 aliphatic rings. The summed E-state index contributed by atoms with van der Waals surface area (Å²) in [6, 6.07) is 40.2. The minimum Gasteiger partial charge on any atom is -0.307 e. The van der Waals surface area contributed by atoms with E-state index in [1.54, 1.807) is 12.1 Å². The van der Waals surface area contributed by atoms with Gasteiger partial charge in [0, 0.05) is 16.5 Å². The lowest BCUT2D eigenvalue weighted by atomic mass is 9.82. The van der Waals surface area contributed by atoms with Crippen molar-refractivity contribution in [3.8, 4) is 28.2 Å². The number of aromatic nitrogens is 1. The molecule has 1 aromatic heterocycles. The summed E-state index contributed by atoms with van der Waals surface area (Å²) in [5.41, 5.74) is 7.37. The van der Waals surface area contributed by atoms with Crippen molar-refractivity contribution in [1.82, 2.24) is 4.57 Å². The smallest absolute Gasteiger partial charge is 0.196 e. The molecule has 5 aromatic carbocycles. The van der Waals surface area contributed by atoms with Crippen LogP contribution in [0.5, 0.6) is 0 Å². The van der Waals surface area contributed by atoms with E-state index >= 15 is 0 Å². The second-order valence-corrected chi connectivity index (χ2v) is 10.7. The Kier molecular flexibility index (Phi) is 6.20. The third-order valence-corrected chi connectivity index (χ3v) is 8.14. The van der Waals surface area contributed by atoms with Gasteiger partial charge in [-0.1, -0.05) is 129 Å². The van der Waals surface area contributed by atoms with E-state index in [9.17, 15) is 9.59 Å². The van der Waals surface area contributed by atoms with Gasteiger partial charge in [-0.3, -0.25) is 9.59 Å². The number of carbonyl (C=O) groups is 2. The van der Waals surface area contributed by atoms with Gasteiger partial charge in [-0.15, -0.1) is 0 Å². The number of unbranched alkanes of at least 4 members (excludes halogenated alkanes) is 1. The molecule has 0 fully saturated rings. The molecule has 0 N–H and O–H groups in total. The maximum Gasteiger partial charge on any atom is 0.196 e. The van der Waals surface area contributed by atoms with E-state index in [1.807, 2.05) is 60.7 Å². The molecule has 0 atom stereocenters. The largest absolute Gasteiger partial charge is 0.307 e. The maximum atomic E-state index is 14.4. The molecule has 0 amide bonds. The van der Waals surface area contributed by atoms with Crippen LogP contribution in [0.3, 0.4) is 0 Å². The summed E-state index contributed by atoms with van der Waals surface area (Å²) < 4.78 is 2.16. The molecule has 3 nitrogen and oxygen atoms in total. The SMILES string of the molecule is CCCCc1ccc(-c2c3c(c(-c4ccccc4)n2-c2cccc4ccccc24)C(=O)c2ccccc2C3=O)cc1. The highest BCUT2D eigenvalue weighted by Gasteiger charge is 2.39. The van der Waals surface area contributed by atoms with Gasteiger partial charge in [-0.05, 0) is 41.0 Å². The number of fused-ring (bicyclic) bond motifs is 3. The summed E-state index contributed by atoms with van der Waals surface area (Å²) >= 11 is 0. The van der Waals surface area contributed by atoms with Crippen LogP contribution in [0, 0.1) is 0 Å². The van der Waals surface area contributed by atoms with Crippen LogP contribution in [0.25, 0.3) is 39.0 Å². The van der Waals surface area contributed by atoms with E-state index in [4.69, 9.17) is 0 Å². The molecular formula is C38H29NO2. The lowest BCUT2D eigenvalue weighted by Crippen LogP contribution is -2.20. The number of hydrogen-bond acceptors (Lipinski definition) is 2. The Morgan fingerprint density at radius 1 is 0.561 bits per heavy atom. The molecule has 0 bridgehead atoms. The first-order chi connectivity index (χ1) is 20.2. The number of hydrogen-bond donors (Lipinski definition) is 0. The van der Waals surface area contributed by atoms with Gasteiger partial charge in [0.25, 0.3) is 0 Å². The highest BCUT2D eigenvalue weighted by molar-refractivity contribution is 6.32. The number of benzene rings is 5. The van der Waals surface area contributed by atoms with Gasteiger partial charge in [0.05, 0.1) is 28.2 Å². The molecule has 198 valence electrons. The van der Waals surface area contributed by atoms with Crippen molar-refractivity contribution in [2.75, 3.05) is 0 Å². The topological polar surface area (TPSA) is 39.1 Å². The highest BCUT2D eigenvalue weighted by atomic mass is 16.1. The average molecular weight is 532 g/mol. The Balaban J connectivity index is 1.63. The first-order valence-corrected chi connectivity index (χ1v) is 14.3. The zero-order valence-electron chi connectivity index (χ0n) is 22.9. The van der Waals surface area contributed by atoms with Crippen molar-refractivity contribution in [3.05, 3.63) is 149 Å². The number of carbonyl (C=O) groups excluding carboxylic acids is 2. The van der Waals surface area contributed by atoms with Crippen LogP contribution >= 0.6 is 0 Å². The van der Waals surface area contributed by atoms with Crippen LogP contribution in [-0.2, 0) is 6.42 Å². The molecule has 0 aliphatic heterocycles. The van der Waals surface area contributed by atoms with Gasteiger partial charge in [-0.2, -0.15) is 0 Å². The summed E-state index contributed by atoms with van der Waals surface area (Å²) in [6.07, 6.45) is 3.28.